The molecule has 3 nitrogen and oxygen atoms in total. The number of aliphatic hydroxyl groups excluding tert-OH is 1. The number of hydrogen-bond acceptors (Lipinski definition) is 3. The van der Waals surface area contributed by atoms with Crippen LogP contribution >= 0.6 is 0 Å². The number of rotatable bonds is 2. The molecular weight excluding hydrogens is 188 g/mol. The van der Waals surface area contributed by atoms with Gasteiger partial charge in [0.1, 0.15) is 0 Å². The summed E-state index contributed by atoms with van der Waals surface area (Å²) in [7, 11) is 4.02. The molecule has 2 rings (SSSR count). The summed E-state index contributed by atoms with van der Waals surface area (Å²) < 4.78 is 0. The predicted octanol–water partition coefficient (Wildman–Crippen LogP) is 1.06. The van der Waals surface area contributed by atoms with Crippen LogP contribution < -0.4 is 10.6 Å². The summed E-state index contributed by atoms with van der Waals surface area (Å²) in [5.41, 5.74) is 8.22. The molecule has 1 fully saturated rings. The Labute approximate surface area is 90.5 Å². The van der Waals surface area contributed by atoms with Crippen LogP contribution in [0.15, 0.2) is 24.3 Å². The maximum Gasteiger partial charge on any atom is 0.0582 e. The molecule has 1 aromatic carbocycles. The van der Waals surface area contributed by atoms with Gasteiger partial charge in [-0.15, -0.1) is 0 Å². The first-order valence-electron chi connectivity index (χ1n) is 5.27. The van der Waals surface area contributed by atoms with Crippen molar-refractivity contribution in [3.05, 3.63) is 29.8 Å². The Balaban J connectivity index is 2.36. The van der Waals surface area contributed by atoms with Crippen LogP contribution in [-0.4, -0.2) is 25.3 Å². The third-order valence-electron chi connectivity index (χ3n) is 3.12. The molecule has 3 N–H and O–H groups in total. The molecule has 0 unspecified atom stereocenters. The van der Waals surface area contributed by atoms with Gasteiger partial charge in [-0.1, -0.05) is 18.2 Å². The van der Waals surface area contributed by atoms with Crippen molar-refractivity contribution in [3.63, 3.8) is 0 Å². The minimum atomic E-state index is -0.333. The molecule has 1 aromatic rings. The highest BCUT2D eigenvalue weighted by Crippen LogP contribution is 2.42. The first-order valence-corrected chi connectivity index (χ1v) is 5.27. The molecule has 82 valence electrons. The standard InChI is InChI=1S/C12H18N2O/c1-14(2)11-6-4-3-5-10(11)12(13)7-9(15)8-12/h3-6,9,15H,7-8,13H2,1-2H3. The second kappa shape index (κ2) is 3.51. The lowest BCUT2D eigenvalue weighted by atomic mass is 9.70. The first-order chi connectivity index (χ1) is 7.03. The van der Waals surface area contributed by atoms with Crippen LogP contribution in [0.5, 0.6) is 0 Å². The number of nitrogens with two attached hydrogens (primary N) is 1. The summed E-state index contributed by atoms with van der Waals surface area (Å²) >= 11 is 0. The second-order valence-electron chi connectivity index (χ2n) is 4.63. The maximum atomic E-state index is 9.38. The lowest BCUT2D eigenvalue weighted by molar-refractivity contribution is 0.0212. The molecule has 0 radical (unpaired) electrons. The van der Waals surface area contributed by atoms with Gasteiger partial charge in [-0.3, -0.25) is 0 Å². The predicted molar refractivity (Wildman–Crippen MR) is 61.9 cm³/mol. The fourth-order valence-corrected chi connectivity index (χ4v) is 2.29. The van der Waals surface area contributed by atoms with Crippen LogP contribution in [0.3, 0.4) is 0 Å². The highest BCUT2D eigenvalue weighted by Gasteiger charge is 2.42. The third kappa shape index (κ3) is 1.73. The molecule has 1 aliphatic carbocycles. The molecule has 0 aromatic heterocycles. The summed E-state index contributed by atoms with van der Waals surface area (Å²) in [5, 5.41) is 9.38. The average molecular weight is 206 g/mol. The minimum absolute atomic E-state index is 0.231. The van der Waals surface area contributed by atoms with Gasteiger partial charge in [0.2, 0.25) is 0 Å². The van der Waals surface area contributed by atoms with Gasteiger partial charge in [0, 0.05) is 25.3 Å². The first kappa shape index (κ1) is 10.5. The Bertz CT molecular complexity index is 356. The SMILES string of the molecule is CN(C)c1ccccc1C1(N)CC(O)C1. The summed E-state index contributed by atoms with van der Waals surface area (Å²) in [6.07, 6.45) is 1.10. The van der Waals surface area contributed by atoms with E-state index >= 15 is 0 Å². The van der Waals surface area contributed by atoms with Crippen molar-refractivity contribution in [1.29, 1.82) is 0 Å². The number of aliphatic hydroxyl groups is 1. The van der Waals surface area contributed by atoms with E-state index < -0.39 is 0 Å². The molecule has 0 amide bonds. The molecule has 0 bridgehead atoms. The zero-order valence-corrected chi connectivity index (χ0v) is 9.27. The monoisotopic (exact) mass is 206 g/mol. The quantitative estimate of drug-likeness (QED) is 0.760. The van der Waals surface area contributed by atoms with Crippen molar-refractivity contribution in [2.75, 3.05) is 19.0 Å². The van der Waals surface area contributed by atoms with Gasteiger partial charge in [0.15, 0.2) is 0 Å². The fourth-order valence-electron chi connectivity index (χ4n) is 2.29. The van der Waals surface area contributed by atoms with Crippen LogP contribution in [0.2, 0.25) is 0 Å². The van der Waals surface area contributed by atoms with Gasteiger partial charge in [0.05, 0.1) is 6.10 Å². The Kier molecular flexibility index (Phi) is 2.44. The van der Waals surface area contributed by atoms with E-state index in [-0.39, 0.29) is 11.6 Å². The fraction of sp³-hybridized carbons (Fsp3) is 0.500. The Hall–Kier alpha value is -1.06. The largest absolute Gasteiger partial charge is 0.393 e. The van der Waals surface area contributed by atoms with Gasteiger partial charge >= 0.3 is 0 Å². The molecule has 0 heterocycles. The number of nitrogens with zero attached hydrogens (tertiary/aromatic N) is 1. The molecule has 3 heteroatoms. The third-order valence-corrected chi connectivity index (χ3v) is 3.12. The van der Waals surface area contributed by atoms with Gasteiger partial charge < -0.3 is 15.7 Å². The van der Waals surface area contributed by atoms with Gasteiger partial charge in [-0.05, 0) is 24.5 Å². The maximum absolute atomic E-state index is 9.38. The minimum Gasteiger partial charge on any atom is -0.393 e. The van der Waals surface area contributed by atoms with Crippen molar-refractivity contribution in [2.24, 2.45) is 5.73 Å². The van der Waals surface area contributed by atoms with E-state index in [0.717, 1.165) is 11.3 Å². The Morgan fingerprint density at radius 1 is 1.33 bits per heavy atom. The summed E-state index contributed by atoms with van der Waals surface area (Å²) in [5.74, 6) is 0. The van der Waals surface area contributed by atoms with Crippen molar-refractivity contribution >= 4 is 5.69 Å². The summed E-state index contributed by atoms with van der Waals surface area (Å²) in [6, 6.07) is 8.13. The number of para-hydroxylation sites is 1. The lowest BCUT2D eigenvalue weighted by Gasteiger charge is -2.44. The van der Waals surface area contributed by atoms with E-state index in [2.05, 4.69) is 17.0 Å². The molecule has 1 saturated carbocycles. The van der Waals surface area contributed by atoms with Crippen LogP contribution in [-0.2, 0) is 5.54 Å². The van der Waals surface area contributed by atoms with E-state index in [4.69, 9.17) is 5.73 Å². The number of benzene rings is 1. The average Bonchev–Trinajstić information content (AvgIpc) is 2.15. The topological polar surface area (TPSA) is 49.5 Å². The van der Waals surface area contributed by atoms with Gasteiger partial charge in [-0.2, -0.15) is 0 Å². The van der Waals surface area contributed by atoms with Crippen LogP contribution in [0, 0.1) is 0 Å². The van der Waals surface area contributed by atoms with Gasteiger partial charge in [0.25, 0.3) is 0 Å². The van der Waals surface area contributed by atoms with Crippen LogP contribution in [0.1, 0.15) is 18.4 Å². The normalized spacial score (nSPS) is 29.7. The molecule has 15 heavy (non-hydrogen) atoms. The molecular formula is C12H18N2O. The molecule has 0 spiro atoms. The van der Waals surface area contributed by atoms with E-state index in [9.17, 15) is 5.11 Å². The number of anilines is 1. The Morgan fingerprint density at radius 2 is 1.93 bits per heavy atom. The highest BCUT2D eigenvalue weighted by atomic mass is 16.3. The van der Waals surface area contributed by atoms with Crippen LogP contribution in [0.25, 0.3) is 0 Å². The van der Waals surface area contributed by atoms with E-state index in [1.807, 2.05) is 26.2 Å². The van der Waals surface area contributed by atoms with Crippen molar-refractivity contribution in [2.45, 2.75) is 24.5 Å². The smallest absolute Gasteiger partial charge is 0.0582 e. The second-order valence-corrected chi connectivity index (χ2v) is 4.63. The molecule has 0 aliphatic heterocycles. The van der Waals surface area contributed by atoms with E-state index in [0.29, 0.717) is 12.8 Å². The number of hydrogen-bond donors (Lipinski definition) is 2. The lowest BCUT2D eigenvalue weighted by Crippen LogP contribution is -2.52. The van der Waals surface area contributed by atoms with Crippen molar-refractivity contribution < 1.29 is 5.11 Å². The van der Waals surface area contributed by atoms with Crippen molar-refractivity contribution in [1.82, 2.24) is 0 Å². The van der Waals surface area contributed by atoms with E-state index in [1.165, 1.54) is 0 Å². The van der Waals surface area contributed by atoms with Gasteiger partial charge in [-0.25, -0.2) is 0 Å². The van der Waals surface area contributed by atoms with E-state index in [1.54, 1.807) is 0 Å². The van der Waals surface area contributed by atoms with Crippen LogP contribution in [0.4, 0.5) is 5.69 Å². The highest BCUT2D eigenvalue weighted by molar-refractivity contribution is 5.56. The summed E-state index contributed by atoms with van der Waals surface area (Å²) in [6.45, 7) is 0. The zero-order valence-electron chi connectivity index (χ0n) is 9.27. The molecule has 0 saturated heterocycles. The molecule has 1 aliphatic rings. The zero-order chi connectivity index (χ0) is 11.1. The molecule has 0 atom stereocenters. The Morgan fingerprint density at radius 3 is 2.47 bits per heavy atom. The summed E-state index contributed by atoms with van der Waals surface area (Å²) in [4.78, 5) is 2.06. The van der Waals surface area contributed by atoms with Crippen molar-refractivity contribution in [3.8, 4) is 0 Å².